The minimum absolute atomic E-state index is 0.00652. The van der Waals surface area contributed by atoms with Gasteiger partial charge < -0.3 is 5.32 Å². The van der Waals surface area contributed by atoms with Crippen molar-refractivity contribution in [1.29, 1.82) is 0 Å². The molecule has 0 spiro atoms. The van der Waals surface area contributed by atoms with Gasteiger partial charge in [0.2, 0.25) is 5.91 Å². The fourth-order valence-corrected chi connectivity index (χ4v) is 4.03. The molecule has 2 aromatic carbocycles. The lowest BCUT2D eigenvalue weighted by molar-refractivity contribution is -0.165. The van der Waals surface area contributed by atoms with E-state index >= 15 is 0 Å². The lowest BCUT2D eigenvalue weighted by Gasteiger charge is -2.32. The molecular weight excluding hydrogens is 471 g/mol. The summed E-state index contributed by atoms with van der Waals surface area (Å²) in [5.74, 6) is -1.87. The van der Waals surface area contributed by atoms with Gasteiger partial charge in [0.25, 0.3) is 0 Å². The fourth-order valence-electron chi connectivity index (χ4n) is 3.64. The molecule has 1 fully saturated rings. The topological polar surface area (TPSA) is 46.2 Å². The van der Waals surface area contributed by atoms with Gasteiger partial charge in [0, 0.05) is 34.2 Å². The van der Waals surface area contributed by atoms with Crippen molar-refractivity contribution in [2.45, 2.75) is 37.4 Å². The summed E-state index contributed by atoms with van der Waals surface area (Å²) in [4.78, 5) is 24.9. The zero-order chi connectivity index (χ0) is 21.2. The highest BCUT2D eigenvalue weighted by molar-refractivity contribution is 9.10. The van der Waals surface area contributed by atoms with Crippen LogP contribution in [0.5, 0.6) is 0 Å². The van der Waals surface area contributed by atoms with E-state index in [-0.39, 0.29) is 30.6 Å². The predicted molar refractivity (Wildman–Crippen MR) is 108 cm³/mol. The Bertz CT molecular complexity index is 884. The zero-order valence-electron chi connectivity index (χ0n) is 15.2. The summed E-state index contributed by atoms with van der Waals surface area (Å²) >= 11 is 9.10. The lowest BCUT2D eigenvalue weighted by Crippen LogP contribution is -2.44. The van der Waals surface area contributed by atoms with Crippen molar-refractivity contribution in [3.8, 4) is 0 Å². The molecule has 1 aliphatic rings. The van der Waals surface area contributed by atoms with Crippen molar-refractivity contribution in [3.63, 3.8) is 0 Å². The van der Waals surface area contributed by atoms with Gasteiger partial charge in [0.05, 0.1) is 0 Å². The Labute approximate surface area is 179 Å². The van der Waals surface area contributed by atoms with E-state index in [1.54, 1.807) is 24.3 Å². The molecule has 1 aliphatic carbocycles. The molecule has 0 aromatic heterocycles. The van der Waals surface area contributed by atoms with Crippen molar-refractivity contribution in [3.05, 3.63) is 69.2 Å². The van der Waals surface area contributed by atoms with Crippen LogP contribution in [-0.4, -0.2) is 17.9 Å². The molecule has 0 saturated heterocycles. The molecule has 3 rings (SSSR count). The number of benzene rings is 2. The van der Waals surface area contributed by atoms with Gasteiger partial charge in [-0.05, 0) is 41.8 Å². The van der Waals surface area contributed by atoms with Gasteiger partial charge in [0.15, 0.2) is 6.04 Å². The van der Waals surface area contributed by atoms with Crippen LogP contribution in [0.25, 0.3) is 0 Å². The molecule has 0 heterocycles. The Balaban J connectivity index is 1.86. The second-order valence-corrected chi connectivity index (χ2v) is 8.43. The maximum Gasteiger partial charge on any atom is 0.412 e. The molecule has 1 saturated carbocycles. The number of alkyl halides is 3. The Morgan fingerprint density at radius 2 is 1.72 bits per heavy atom. The van der Waals surface area contributed by atoms with Crippen molar-refractivity contribution in [2.24, 2.45) is 5.92 Å². The molecule has 2 aromatic rings. The first kappa shape index (κ1) is 21.8. The molecular formula is C21H18BrClF3NO2. The summed E-state index contributed by atoms with van der Waals surface area (Å²) in [6.07, 6.45) is -4.13. The molecule has 0 radical (unpaired) electrons. The van der Waals surface area contributed by atoms with E-state index in [4.69, 9.17) is 11.6 Å². The molecule has 1 amide bonds. The third-order valence-electron chi connectivity index (χ3n) is 5.12. The molecule has 0 bridgehead atoms. The van der Waals surface area contributed by atoms with E-state index in [0.717, 1.165) is 10.0 Å². The zero-order valence-corrected chi connectivity index (χ0v) is 17.5. The molecule has 1 N–H and O–H groups in total. The molecule has 154 valence electrons. The van der Waals surface area contributed by atoms with Crippen LogP contribution in [0, 0.1) is 5.92 Å². The van der Waals surface area contributed by atoms with Crippen LogP contribution >= 0.6 is 27.5 Å². The van der Waals surface area contributed by atoms with Crippen LogP contribution < -0.4 is 5.32 Å². The number of carbonyl (C=O) groups is 2. The number of nitrogens with one attached hydrogen (secondary N) is 1. The first-order valence-electron chi connectivity index (χ1n) is 9.05. The van der Waals surface area contributed by atoms with E-state index in [1.165, 1.54) is 24.3 Å². The molecule has 3 atom stereocenters. The van der Waals surface area contributed by atoms with Crippen molar-refractivity contribution in [2.75, 3.05) is 0 Å². The second-order valence-electron chi connectivity index (χ2n) is 7.08. The number of rotatable bonds is 4. The second kappa shape index (κ2) is 8.88. The van der Waals surface area contributed by atoms with Crippen LogP contribution in [-0.2, 0) is 9.59 Å². The summed E-state index contributed by atoms with van der Waals surface area (Å²) < 4.78 is 41.8. The summed E-state index contributed by atoms with van der Waals surface area (Å²) in [6, 6.07) is 10.2. The Morgan fingerprint density at radius 3 is 2.31 bits per heavy atom. The SMILES string of the molecule is O=C1CC[C@@H](C(=O)NC(c2ccc(Cl)cc2)C(F)(F)F)[C@H](c2ccc(Br)cc2)C1. The van der Waals surface area contributed by atoms with Gasteiger partial charge >= 0.3 is 6.18 Å². The molecule has 29 heavy (non-hydrogen) atoms. The first-order chi connectivity index (χ1) is 13.6. The van der Waals surface area contributed by atoms with E-state index in [9.17, 15) is 22.8 Å². The maximum atomic E-state index is 13.7. The van der Waals surface area contributed by atoms with Crippen LogP contribution in [0.2, 0.25) is 5.02 Å². The largest absolute Gasteiger partial charge is 0.412 e. The van der Waals surface area contributed by atoms with Gasteiger partial charge in [-0.3, -0.25) is 9.59 Å². The van der Waals surface area contributed by atoms with Gasteiger partial charge in [-0.15, -0.1) is 0 Å². The number of hydrogen-bond donors (Lipinski definition) is 1. The normalized spacial score (nSPS) is 20.9. The summed E-state index contributed by atoms with van der Waals surface area (Å²) in [5.41, 5.74) is 0.666. The quantitative estimate of drug-likeness (QED) is 0.576. The van der Waals surface area contributed by atoms with Crippen LogP contribution in [0.15, 0.2) is 53.0 Å². The Morgan fingerprint density at radius 1 is 1.10 bits per heavy atom. The van der Waals surface area contributed by atoms with Gasteiger partial charge in [-0.1, -0.05) is 51.8 Å². The number of hydrogen-bond acceptors (Lipinski definition) is 2. The van der Waals surface area contributed by atoms with E-state index < -0.39 is 30.0 Å². The lowest BCUT2D eigenvalue weighted by atomic mass is 9.74. The average molecular weight is 489 g/mol. The number of halogens is 5. The van der Waals surface area contributed by atoms with Crippen LogP contribution in [0.4, 0.5) is 13.2 Å². The van der Waals surface area contributed by atoms with E-state index in [0.29, 0.717) is 5.02 Å². The number of carbonyl (C=O) groups excluding carboxylic acids is 2. The van der Waals surface area contributed by atoms with Crippen molar-refractivity contribution in [1.82, 2.24) is 5.32 Å². The minimum atomic E-state index is -4.67. The minimum Gasteiger partial charge on any atom is -0.341 e. The fraction of sp³-hybridized carbons (Fsp3) is 0.333. The first-order valence-corrected chi connectivity index (χ1v) is 10.2. The highest BCUT2D eigenvalue weighted by Crippen LogP contribution is 2.39. The number of ketones is 1. The van der Waals surface area contributed by atoms with Crippen molar-refractivity contribution < 1.29 is 22.8 Å². The molecule has 1 unspecified atom stereocenters. The predicted octanol–water partition coefficient (Wildman–Crippen LogP) is 5.98. The monoisotopic (exact) mass is 487 g/mol. The number of Topliss-reactive ketones (excluding diaryl/α,β-unsaturated/α-hetero) is 1. The summed E-state index contributed by atoms with van der Waals surface area (Å²) in [5, 5.41) is 2.47. The molecule has 8 heteroatoms. The Kier molecular flexibility index (Phi) is 6.69. The standard InChI is InChI=1S/C21H18BrClF3NO2/c22-14-5-1-12(2-6-14)18-11-16(28)9-10-17(18)20(29)27-19(21(24,25)26)13-3-7-15(23)8-4-13/h1-8,17-19H,9-11H2,(H,27,29)/t17-,18+,19?/m1/s1. The number of amides is 1. The summed E-state index contributed by atoms with van der Waals surface area (Å²) in [7, 11) is 0. The van der Waals surface area contributed by atoms with Gasteiger partial charge in [-0.25, -0.2) is 0 Å². The molecule has 3 nitrogen and oxygen atoms in total. The third-order valence-corrected chi connectivity index (χ3v) is 5.90. The Hall–Kier alpha value is -1.86. The smallest absolute Gasteiger partial charge is 0.341 e. The average Bonchev–Trinajstić information content (AvgIpc) is 2.66. The maximum absolute atomic E-state index is 13.7. The summed E-state index contributed by atoms with van der Waals surface area (Å²) in [6.45, 7) is 0. The van der Waals surface area contributed by atoms with Gasteiger partial charge in [0.1, 0.15) is 5.78 Å². The highest BCUT2D eigenvalue weighted by atomic mass is 79.9. The van der Waals surface area contributed by atoms with Crippen LogP contribution in [0.3, 0.4) is 0 Å². The highest BCUT2D eigenvalue weighted by Gasteiger charge is 2.44. The van der Waals surface area contributed by atoms with Gasteiger partial charge in [-0.2, -0.15) is 13.2 Å². The van der Waals surface area contributed by atoms with Crippen LogP contribution in [0.1, 0.15) is 42.3 Å². The van der Waals surface area contributed by atoms with Crippen molar-refractivity contribution >= 4 is 39.2 Å². The molecule has 0 aliphatic heterocycles. The third kappa shape index (κ3) is 5.39. The van der Waals surface area contributed by atoms with E-state index in [2.05, 4.69) is 21.2 Å². The van der Waals surface area contributed by atoms with E-state index in [1.807, 2.05) is 0 Å².